The quantitative estimate of drug-likeness (QED) is 0.905. The van der Waals surface area contributed by atoms with E-state index in [0.29, 0.717) is 6.04 Å². The van der Waals surface area contributed by atoms with E-state index in [4.69, 9.17) is 5.73 Å². The number of nitrogens with two attached hydrogens (primary N) is 1. The van der Waals surface area contributed by atoms with Crippen LogP contribution in [0.3, 0.4) is 0 Å². The lowest BCUT2D eigenvalue weighted by Crippen LogP contribution is -2.34. The van der Waals surface area contributed by atoms with E-state index in [2.05, 4.69) is 11.8 Å². The van der Waals surface area contributed by atoms with Crippen molar-refractivity contribution >= 4 is 5.69 Å². The number of benzene rings is 1. The number of hydrogen-bond acceptors (Lipinski definition) is 2. The van der Waals surface area contributed by atoms with Crippen molar-refractivity contribution in [2.45, 2.75) is 58.0 Å². The van der Waals surface area contributed by atoms with Crippen molar-refractivity contribution in [2.24, 2.45) is 5.73 Å². The molecule has 19 heavy (non-hydrogen) atoms. The summed E-state index contributed by atoms with van der Waals surface area (Å²) in [7, 11) is 0. The van der Waals surface area contributed by atoms with Crippen LogP contribution in [0.1, 0.15) is 45.1 Å². The zero-order valence-corrected chi connectivity index (χ0v) is 12.0. The molecule has 2 N–H and O–H groups in total. The minimum atomic E-state index is -0.105. The molecule has 106 valence electrons. The molecule has 1 saturated heterocycles. The Morgan fingerprint density at radius 1 is 1.37 bits per heavy atom. The van der Waals surface area contributed by atoms with Gasteiger partial charge in [0.25, 0.3) is 0 Å². The Balaban J connectivity index is 2.35. The van der Waals surface area contributed by atoms with E-state index >= 15 is 0 Å². The standard InChI is InChI=1S/C16H25FN2/c1-12(18)11-14-8-6-9-15(17)16(14)19-10-5-3-4-7-13(19)2/h6,8-9,12-13H,3-5,7,10-11,18H2,1-2H3. The second kappa shape index (κ2) is 6.38. The maximum atomic E-state index is 14.3. The third-order valence-electron chi connectivity index (χ3n) is 3.95. The first-order chi connectivity index (χ1) is 9.09. The van der Waals surface area contributed by atoms with Gasteiger partial charge in [0.2, 0.25) is 0 Å². The van der Waals surface area contributed by atoms with Crippen molar-refractivity contribution < 1.29 is 4.39 Å². The zero-order valence-electron chi connectivity index (χ0n) is 12.0. The van der Waals surface area contributed by atoms with Gasteiger partial charge in [0.15, 0.2) is 0 Å². The number of anilines is 1. The molecule has 1 aliphatic rings. The molecule has 1 aliphatic heterocycles. The molecule has 2 nitrogen and oxygen atoms in total. The van der Waals surface area contributed by atoms with Crippen molar-refractivity contribution in [3.05, 3.63) is 29.6 Å². The van der Waals surface area contributed by atoms with Gasteiger partial charge in [0, 0.05) is 18.6 Å². The average Bonchev–Trinajstić information content (AvgIpc) is 2.54. The summed E-state index contributed by atoms with van der Waals surface area (Å²) in [6, 6.07) is 5.84. The van der Waals surface area contributed by atoms with Crippen molar-refractivity contribution in [1.82, 2.24) is 0 Å². The average molecular weight is 264 g/mol. The van der Waals surface area contributed by atoms with Crippen molar-refractivity contribution in [1.29, 1.82) is 0 Å². The Kier molecular flexibility index (Phi) is 4.81. The van der Waals surface area contributed by atoms with Gasteiger partial charge in [-0.15, -0.1) is 0 Å². The summed E-state index contributed by atoms with van der Waals surface area (Å²) in [5.41, 5.74) is 7.73. The minimum Gasteiger partial charge on any atom is -0.366 e. The molecule has 0 bridgehead atoms. The van der Waals surface area contributed by atoms with Gasteiger partial charge in [-0.1, -0.05) is 25.0 Å². The number of para-hydroxylation sites is 1. The second-order valence-corrected chi connectivity index (χ2v) is 5.82. The predicted molar refractivity (Wildman–Crippen MR) is 79.0 cm³/mol. The van der Waals surface area contributed by atoms with Crippen LogP contribution in [0, 0.1) is 5.82 Å². The van der Waals surface area contributed by atoms with Gasteiger partial charge in [-0.05, 0) is 44.7 Å². The predicted octanol–water partition coefficient (Wildman–Crippen LogP) is 3.48. The Hall–Kier alpha value is -1.09. The third-order valence-corrected chi connectivity index (χ3v) is 3.95. The van der Waals surface area contributed by atoms with Gasteiger partial charge in [0.05, 0.1) is 5.69 Å². The van der Waals surface area contributed by atoms with Crippen LogP contribution in [0.4, 0.5) is 10.1 Å². The smallest absolute Gasteiger partial charge is 0.146 e. The molecule has 2 rings (SSSR count). The molecular weight excluding hydrogens is 239 g/mol. The SMILES string of the molecule is CC(N)Cc1cccc(F)c1N1CCCCCC1C. The first-order valence-corrected chi connectivity index (χ1v) is 7.39. The van der Waals surface area contributed by atoms with E-state index in [1.165, 1.54) is 12.8 Å². The summed E-state index contributed by atoms with van der Waals surface area (Å²) in [5, 5.41) is 0. The van der Waals surface area contributed by atoms with Crippen LogP contribution in [0.25, 0.3) is 0 Å². The topological polar surface area (TPSA) is 29.3 Å². The van der Waals surface area contributed by atoms with Gasteiger partial charge in [0.1, 0.15) is 5.82 Å². The highest BCUT2D eigenvalue weighted by atomic mass is 19.1. The fraction of sp³-hybridized carbons (Fsp3) is 0.625. The summed E-state index contributed by atoms with van der Waals surface area (Å²) in [6.45, 7) is 5.13. The zero-order chi connectivity index (χ0) is 13.8. The molecule has 2 unspecified atom stereocenters. The van der Waals surface area contributed by atoms with Gasteiger partial charge in [-0.25, -0.2) is 4.39 Å². The number of nitrogens with zero attached hydrogens (tertiary/aromatic N) is 1. The first kappa shape index (κ1) is 14.3. The van der Waals surface area contributed by atoms with Crippen molar-refractivity contribution in [3.63, 3.8) is 0 Å². The monoisotopic (exact) mass is 264 g/mol. The first-order valence-electron chi connectivity index (χ1n) is 7.39. The Labute approximate surface area is 115 Å². The molecule has 0 radical (unpaired) electrons. The van der Waals surface area contributed by atoms with Crippen LogP contribution in [0.5, 0.6) is 0 Å². The number of rotatable bonds is 3. The molecule has 3 heteroatoms. The second-order valence-electron chi connectivity index (χ2n) is 5.82. The highest BCUT2D eigenvalue weighted by molar-refractivity contribution is 5.56. The molecule has 2 atom stereocenters. The number of hydrogen-bond donors (Lipinski definition) is 1. The lowest BCUT2D eigenvalue weighted by Gasteiger charge is -2.32. The van der Waals surface area contributed by atoms with Crippen molar-refractivity contribution in [2.75, 3.05) is 11.4 Å². The lowest BCUT2D eigenvalue weighted by atomic mass is 10.0. The molecule has 0 saturated carbocycles. The van der Waals surface area contributed by atoms with Crippen LogP contribution >= 0.6 is 0 Å². The molecule has 0 amide bonds. The molecule has 1 aromatic carbocycles. The van der Waals surface area contributed by atoms with Crippen LogP contribution < -0.4 is 10.6 Å². The number of halogens is 1. The summed E-state index contributed by atoms with van der Waals surface area (Å²) >= 11 is 0. The molecular formula is C16H25FN2. The van der Waals surface area contributed by atoms with E-state index in [9.17, 15) is 4.39 Å². The van der Waals surface area contributed by atoms with E-state index in [-0.39, 0.29) is 11.9 Å². The fourth-order valence-electron chi connectivity index (χ4n) is 3.00. The van der Waals surface area contributed by atoms with Crippen LogP contribution in [0.15, 0.2) is 18.2 Å². The van der Waals surface area contributed by atoms with Gasteiger partial charge >= 0.3 is 0 Å². The third kappa shape index (κ3) is 3.47. The molecule has 1 aromatic rings. The van der Waals surface area contributed by atoms with Crippen molar-refractivity contribution in [3.8, 4) is 0 Å². The largest absolute Gasteiger partial charge is 0.366 e. The summed E-state index contributed by atoms with van der Waals surface area (Å²) in [6.07, 6.45) is 5.52. The van der Waals surface area contributed by atoms with Gasteiger partial charge in [-0.3, -0.25) is 0 Å². The molecule has 1 heterocycles. The summed E-state index contributed by atoms with van der Waals surface area (Å²) in [5.74, 6) is -0.105. The Bertz CT molecular complexity index is 417. The minimum absolute atomic E-state index is 0.0582. The molecule has 1 fully saturated rings. The highest BCUT2D eigenvalue weighted by Crippen LogP contribution is 2.30. The van der Waals surface area contributed by atoms with Crippen LogP contribution in [-0.4, -0.2) is 18.6 Å². The summed E-state index contributed by atoms with van der Waals surface area (Å²) in [4.78, 5) is 2.25. The Morgan fingerprint density at radius 2 is 2.16 bits per heavy atom. The Morgan fingerprint density at radius 3 is 2.89 bits per heavy atom. The van der Waals surface area contributed by atoms with Crippen LogP contribution in [0.2, 0.25) is 0 Å². The molecule has 0 spiro atoms. The van der Waals surface area contributed by atoms with E-state index < -0.39 is 0 Å². The van der Waals surface area contributed by atoms with Gasteiger partial charge in [-0.2, -0.15) is 0 Å². The van der Waals surface area contributed by atoms with E-state index in [0.717, 1.165) is 37.1 Å². The normalized spacial score (nSPS) is 22.1. The van der Waals surface area contributed by atoms with Crippen LogP contribution in [-0.2, 0) is 6.42 Å². The van der Waals surface area contributed by atoms with E-state index in [1.54, 1.807) is 12.1 Å². The summed E-state index contributed by atoms with van der Waals surface area (Å²) < 4.78 is 14.3. The van der Waals surface area contributed by atoms with E-state index in [1.807, 2.05) is 13.0 Å². The molecule has 0 aliphatic carbocycles. The maximum Gasteiger partial charge on any atom is 0.146 e. The fourth-order valence-corrected chi connectivity index (χ4v) is 3.00. The molecule has 0 aromatic heterocycles. The highest BCUT2D eigenvalue weighted by Gasteiger charge is 2.22. The van der Waals surface area contributed by atoms with Gasteiger partial charge < -0.3 is 10.6 Å². The maximum absolute atomic E-state index is 14.3. The lowest BCUT2D eigenvalue weighted by molar-refractivity contribution is 0.575.